The number of likely N-dealkylation sites (N-methyl/N-ethyl adjacent to an activating group) is 1. The number of nitrogens with zero attached hydrogens (tertiary/aromatic N) is 3. The third kappa shape index (κ3) is 5.11. The van der Waals surface area contributed by atoms with E-state index >= 15 is 0 Å². The zero-order valence-corrected chi connectivity index (χ0v) is 18.7. The highest BCUT2D eigenvalue weighted by molar-refractivity contribution is 7.19. The minimum atomic E-state index is -0.317. The summed E-state index contributed by atoms with van der Waals surface area (Å²) >= 11 is 1.54. The lowest BCUT2D eigenvalue weighted by atomic mass is 10.0. The van der Waals surface area contributed by atoms with E-state index in [4.69, 9.17) is 0 Å². The van der Waals surface area contributed by atoms with Crippen molar-refractivity contribution in [3.05, 3.63) is 64.9 Å². The van der Waals surface area contributed by atoms with E-state index in [0.717, 1.165) is 59.2 Å². The van der Waals surface area contributed by atoms with Crippen LogP contribution in [0.3, 0.4) is 0 Å². The highest BCUT2D eigenvalue weighted by atomic mass is 32.1. The number of nitrogens with one attached hydrogen (secondary N) is 1. The molecular weight excluding hydrogens is 411 g/mol. The smallest absolute Gasteiger partial charge is 0.244 e. The van der Waals surface area contributed by atoms with Crippen molar-refractivity contribution < 1.29 is 9.18 Å². The molecule has 0 radical (unpaired) electrons. The number of carbonyl (C=O) groups excluding carboxylic acids is 1. The highest BCUT2D eigenvalue weighted by Crippen LogP contribution is 2.28. The molecule has 1 unspecified atom stereocenters. The quantitative estimate of drug-likeness (QED) is 0.577. The molecule has 5 nitrogen and oxygen atoms in total. The molecule has 3 aromatic rings. The molecule has 2 aromatic carbocycles. The van der Waals surface area contributed by atoms with Crippen LogP contribution in [-0.4, -0.2) is 48.5 Å². The van der Waals surface area contributed by atoms with Gasteiger partial charge in [-0.25, -0.2) is 9.37 Å². The molecule has 2 heterocycles. The monoisotopic (exact) mass is 438 g/mol. The molecule has 0 spiro atoms. The molecule has 7 heteroatoms. The molecule has 0 saturated carbocycles. The van der Waals surface area contributed by atoms with Crippen molar-refractivity contribution >= 4 is 39.2 Å². The summed E-state index contributed by atoms with van der Waals surface area (Å²) in [5, 5.41) is 3.76. The second kappa shape index (κ2) is 9.58. The Morgan fingerprint density at radius 1 is 1.23 bits per heavy atom. The normalized spacial score (nSPS) is 16.2. The summed E-state index contributed by atoms with van der Waals surface area (Å²) in [5.41, 5.74) is 2.71. The van der Waals surface area contributed by atoms with E-state index < -0.39 is 0 Å². The molecule has 31 heavy (non-hydrogen) atoms. The molecule has 4 rings (SSSR count). The summed E-state index contributed by atoms with van der Waals surface area (Å²) < 4.78 is 15.1. The number of hydrogen-bond acceptors (Lipinski definition) is 5. The first-order chi connectivity index (χ1) is 15.0. The first kappa shape index (κ1) is 21.5. The summed E-state index contributed by atoms with van der Waals surface area (Å²) in [7, 11) is 0. The van der Waals surface area contributed by atoms with E-state index in [1.807, 2.05) is 37.3 Å². The van der Waals surface area contributed by atoms with Crippen LogP contribution >= 0.6 is 11.3 Å². The van der Waals surface area contributed by atoms with Gasteiger partial charge in [0, 0.05) is 43.5 Å². The molecule has 1 fully saturated rings. The van der Waals surface area contributed by atoms with Crippen molar-refractivity contribution in [2.24, 2.45) is 0 Å². The predicted molar refractivity (Wildman–Crippen MR) is 126 cm³/mol. The molecule has 1 atom stereocenters. The maximum Gasteiger partial charge on any atom is 0.244 e. The van der Waals surface area contributed by atoms with E-state index in [2.05, 4.69) is 27.0 Å². The van der Waals surface area contributed by atoms with Gasteiger partial charge in [0.05, 0.1) is 16.3 Å². The van der Waals surface area contributed by atoms with Gasteiger partial charge < -0.3 is 15.1 Å². The largest absolute Gasteiger partial charge is 0.369 e. The Bertz CT molecular complexity index is 1060. The third-order valence-corrected chi connectivity index (χ3v) is 6.66. The minimum Gasteiger partial charge on any atom is -0.369 e. The van der Waals surface area contributed by atoms with E-state index in [0.29, 0.717) is 0 Å². The van der Waals surface area contributed by atoms with Gasteiger partial charge in [-0.1, -0.05) is 19.1 Å². The molecule has 1 aliphatic rings. The fourth-order valence-corrected chi connectivity index (χ4v) is 4.78. The SMILES string of the molecule is CCN1CCN(c2ccc(F)cc2C(C)NC(=O)/C=C/c2nc3ccccc3s2)CC1. The van der Waals surface area contributed by atoms with Crippen LogP contribution in [0.25, 0.3) is 16.3 Å². The van der Waals surface area contributed by atoms with Gasteiger partial charge in [-0.15, -0.1) is 11.3 Å². The van der Waals surface area contributed by atoms with E-state index in [9.17, 15) is 9.18 Å². The zero-order valence-electron chi connectivity index (χ0n) is 17.8. The lowest BCUT2D eigenvalue weighted by Gasteiger charge is -2.37. The predicted octanol–water partition coefficient (Wildman–Crippen LogP) is 4.47. The Kier molecular flexibility index (Phi) is 6.63. The van der Waals surface area contributed by atoms with Crippen LogP contribution in [0.4, 0.5) is 10.1 Å². The fourth-order valence-electron chi connectivity index (χ4n) is 3.91. The van der Waals surface area contributed by atoms with Gasteiger partial charge in [0.15, 0.2) is 0 Å². The number of para-hydroxylation sites is 1. The Morgan fingerprint density at radius 3 is 2.74 bits per heavy atom. The Labute approximate surface area is 186 Å². The van der Waals surface area contributed by atoms with Gasteiger partial charge in [-0.3, -0.25) is 4.79 Å². The number of halogens is 1. The van der Waals surface area contributed by atoms with Gasteiger partial charge >= 0.3 is 0 Å². The Balaban J connectivity index is 1.45. The number of fused-ring (bicyclic) bond motifs is 1. The maximum absolute atomic E-state index is 14.0. The van der Waals surface area contributed by atoms with Gasteiger partial charge in [0.2, 0.25) is 5.91 Å². The van der Waals surface area contributed by atoms with Crippen LogP contribution in [0, 0.1) is 5.82 Å². The lowest BCUT2D eigenvalue weighted by molar-refractivity contribution is -0.117. The second-order valence-corrected chi connectivity index (χ2v) is 8.77. The van der Waals surface area contributed by atoms with Crippen LogP contribution in [-0.2, 0) is 4.79 Å². The number of piperazine rings is 1. The number of hydrogen-bond donors (Lipinski definition) is 1. The van der Waals surface area contributed by atoms with Gasteiger partial charge in [0.25, 0.3) is 0 Å². The zero-order chi connectivity index (χ0) is 21.8. The second-order valence-electron chi connectivity index (χ2n) is 7.71. The number of carbonyl (C=O) groups is 1. The third-order valence-electron chi connectivity index (χ3n) is 5.66. The first-order valence-corrected chi connectivity index (χ1v) is 11.5. The average Bonchev–Trinajstić information content (AvgIpc) is 3.21. The molecule has 1 aliphatic heterocycles. The number of anilines is 1. The van der Waals surface area contributed by atoms with Crippen LogP contribution in [0.1, 0.15) is 30.5 Å². The Morgan fingerprint density at radius 2 is 2.00 bits per heavy atom. The number of rotatable bonds is 6. The molecule has 162 valence electrons. The van der Waals surface area contributed by atoms with Crippen molar-refractivity contribution in [1.82, 2.24) is 15.2 Å². The van der Waals surface area contributed by atoms with Gasteiger partial charge in [-0.05, 0) is 49.9 Å². The van der Waals surface area contributed by atoms with Gasteiger partial charge in [-0.2, -0.15) is 0 Å². The molecule has 0 bridgehead atoms. The van der Waals surface area contributed by atoms with E-state index in [1.54, 1.807) is 17.4 Å². The first-order valence-electron chi connectivity index (χ1n) is 10.6. The van der Waals surface area contributed by atoms with Crippen LogP contribution in [0.5, 0.6) is 0 Å². The Hall–Kier alpha value is -2.77. The standard InChI is InChI=1S/C24H27FN4OS/c1-3-28-12-14-29(15-13-28)21-9-8-18(25)16-19(21)17(2)26-23(30)10-11-24-27-20-6-4-5-7-22(20)31-24/h4-11,16-17H,3,12-15H2,1-2H3,(H,26,30)/b11-10+. The lowest BCUT2D eigenvalue weighted by Crippen LogP contribution is -2.46. The summed E-state index contributed by atoms with van der Waals surface area (Å²) in [5.74, 6) is -0.519. The number of thiazole rings is 1. The summed E-state index contributed by atoms with van der Waals surface area (Å²) in [4.78, 5) is 21.7. The van der Waals surface area contributed by atoms with E-state index in [1.165, 1.54) is 18.2 Å². The molecule has 1 N–H and O–H groups in total. The van der Waals surface area contributed by atoms with Crippen LogP contribution in [0.15, 0.2) is 48.5 Å². The molecule has 1 aromatic heterocycles. The van der Waals surface area contributed by atoms with Crippen molar-refractivity contribution in [3.63, 3.8) is 0 Å². The van der Waals surface area contributed by atoms with Crippen molar-refractivity contribution in [2.45, 2.75) is 19.9 Å². The van der Waals surface area contributed by atoms with Crippen molar-refractivity contribution in [1.29, 1.82) is 0 Å². The molecule has 1 saturated heterocycles. The average molecular weight is 439 g/mol. The summed E-state index contributed by atoms with van der Waals surface area (Å²) in [6.07, 6.45) is 3.22. The van der Waals surface area contributed by atoms with Gasteiger partial charge in [0.1, 0.15) is 10.8 Å². The number of aromatic nitrogens is 1. The summed E-state index contributed by atoms with van der Waals surface area (Å²) in [6.45, 7) is 8.85. The highest BCUT2D eigenvalue weighted by Gasteiger charge is 2.21. The van der Waals surface area contributed by atoms with Crippen molar-refractivity contribution in [3.8, 4) is 0 Å². The maximum atomic E-state index is 14.0. The molecular formula is C24H27FN4OS. The van der Waals surface area contributed by atoms with Crippen molar-refractivity contribution in [2.75, 3.05) is 37.6 Å². The minimum absolute atomic E-state index is 0.224. The number of amides is 1. The fraction of sp³-hybridized carbons (Fsp3) is 0.333. The topological polar surface area (TPSA) is 48.5 Å². The molecule has 0 aliphatic carbocycles. The number of benzene rings is 2. The molecule has 1 amide bonds. The van der Waals surface area contributed by atoms with Crippen LogP contribution in [0.2, 0.25) is 0 Å². The summed E-state index contributed by atoms with van der Waals surface area (Å²) in [6, 6.07) is 12.4. The van der Waals surface area contributed by atoms with E-state index in [-0.39, 0.29) is 17.8 Å². The van der Waals surface area contributed by atoms with Crippen LogP contribution < -0.4 is 10.2 Å².